The molecule has 2 amide bonds. The Kier molecular flexibility index (Phi) is 6.65. The van der Waals surface area contributed by atoms with Crippen molar-refractivity contribution < 1.29 is 24.6 Å². The topological polar surface area (TPSA) is 107 Å². The molecule has 3 N–H and O–H groups in total. The van der Waals surface area contributed by atoms with E-state index in [1.165, 1.54) is 4.90 Å². The minimum absolute atomic E-state index is 0.0862. The van der Waals surface area contributed by atoms with Gasteiger partial charge >= 0.3 is 5.97 Å². The SMILES string of the molecule is O=C(O)CSCC(=O)NCCN1CCCC(O)C1=O. The van der Waals surface area contributed by atoms with Crippen LogP contribution in [0.25, 0.3) is 0 Å². The first-order valence-corrected chi connectivity index (χ1v) is 7.19. The average molecular weight is 290 g/mol. The molecule has 0 bridgehead atoms. The zero-order valence-corrected chi connectivity index (χ0v) is 11.3. The van der Waals surface area contributed by atoms with E-state index in [4.69, 9.17) is 5.11 Å². The Labute approximate surface area is 115 Å². The molecule has 1 rings (SSSR count). The lowest BCUT2D eigenvalue weighted by Crippen LogP contribution is -2.47. The minimum atomic E-state index is -0.953. The number of hydrogen-bond acceptors (Lipinski definition) is 5. The largest absolute Gasteiger partial charge is 0.481 e. The van der Waals surface area contributed by atoms with Gasteiger partial charge in [0, 0.05) is 19.6 Å². The van der Waals surface area contributed by atoms with Gasteiger partial charge in [0.05, 0.1) is 11.5 Å². The number of hydrogen-bond donors (Lipinski definition) is 3. The highest BCUT2D eigenvalue weighted by molar-refractivity contribution is 8.00. The molecule has 0 aromatic carbocycles. The third kappa shape index (κ3) is 5.93. The van der Waals surface area contributed by atoms with Gasteiger partial charge in [-0.05, 0) is 12.8 Å². The van der Waals surface area contributed by atoms with E-state index < -0.39 is 12.1 Å². The number of nitrogens with zero attached hydrogens (tertiary/aromatic N) is 1. The fraction of sp³-hybridized carbons (Fsp3) is 0.727. The summed E-state index contributed by atoms with van der Waals surface area (Å²) in [6.45, 7) is 1.27. The lowest BCUT2D eigenvalue weighted by atomic mass is 10.1. The molecule has 1 unspecified atom stereocenters. The molecule has 0 aromatic heterocycles. The van der Waals surface area contributed by atoms with Gasteiger partial charge in [-0.15, -0.1) is 11.8 Å². The van der Waals surface area contributed by atoms with E-state index in [-0.39, 0.29) is 23.3 Å². The molecule has 1 atom stereocenters. The van der Waals surface area contributed by atoms with Gasteiger partial charge in [0.2, 0.25) is 5.91 Å². The second-order valence-corrected chi connectivity index (χ2v) is 5.21. The first-order valence-electron chi connectivity index (χ1n) is 6.04. The van der Waals surface area contributed by atoms with Crippen LogP contribution in [0.4, 0.5) is 0 Å². The number of thioether (sulfide) groups is 1. The molecular weight excluding hydrogens is 272 g/mol. The number of nitrogens with one attached hydrogen (secondary N) is 1. The third-order valence-electron chi connectivity index (χ3n) is 2.66. The van der Waals surface area contributed by atoms with Crippen LogP contribution in [0, 0.1) is 0 Å². The summed E-state index contributed by atoms with van der Waals surface area (Å²) in [7, 11) is 0. The van der Waals surface area contributed by atoms with Gasteiger partial charge in [-0.1, -0.05) is 0 Å². The van der Waals surface area contributed by atoms with Crippen LogP contribution < -0.4 is 5.32 Å². The normalized spacial score (nSPS) is 19.3. The number of carboxylic acid groups (broad SMARTS) is 1. The summed E-state index contributed by atoms with van der Waals surface area (Å²) in [4.78, 5) is 34.7. The third-order valence-corrected chi connectivity index (χ3v) is 3.58. The highest BCUT2D eigenvalue weighted by Gasteiger charge is 2.26. The number of rotatable bonds is 7. The van der Waals surface area contributed by atoms with Gasteiger partial charge in [0.15, 0.2) is 0 Å². The van der Waals surface area contributed by atoms with E-state index in [0.29, 0.717) is 26.1 Å². The van der Waals surface area contributed by atoms with Crippen molar-refractivity contribution in [3.05, 3.63) is 0 Å². The second-order valence-electron chi connectivity index (χ2n) is 4.22. The molecule has 1 saturated heterocycles. The van der Waals surface area contributed by atoms with Crippen LogP contribution in [0.5, 0.6) is 0 Å². The first-order chi connectivity index (χ1) is 9.00. The fourth-order valence-electron chi connectivity index (χ4n) is 1.75. The number of carbonyl (C=O) groups is 3. The summed E-state index contributed by atoms with van der Waals surface area (Å²) in [6, 6.07) is 0. The van der Waals surface area contributed by atoms with E-state index in [2.05, 4.69) is 5.32 Å². The fourth-order valence-corrected chi connectivity index (χ4v) is 2.32. The zero-order chi connectivity index (χ0) is 14.3. The van der Waals surface area contributed by atoms with Crippen molar-refractivity contribution in [2.75, 3.05) is 31.1 Å². The van der Waals surface area contributed by atoms with Gasteiger partial charge in [-0.3, -0.25) is 14.4 Å². The molecule has 7 nitrogen and oxygen atoms in total. The van der Waals surface area contributed by atoms with Crippen LogP contribution in [-0.2, 0) is 14.4 Å². The highest BCUT2D eigenvalue weighted by atomic mass is 32.2. The Morgan fingerprint density at radius 1 is 1.42 bits per heavy atom. The predicted molar refractivity (Wildman–Crippen MR) is 69.8 cm³/mol. The van der Waals surface area contributed by atoms with Crippen molar-refractivity contribution in [2.24, 2.45) is 0 Å². The van der Waals surface area contributed by atoms with Crippen LogP contribution >= 0.6 is 11.8 Å². The lowest BCUT2D eigenvalue weighted by Gasteiger charge is -2.29. The molecule has 1 fully saturated rings. The summed E-state index contributed by atoms with van der Waals surface area (Å²) in [5.74, 6) is -1.52. The van der Waals surface area contributed by atoms with Gasteiger partial charge in [0.1, 0.15) is 6.10 Å². The number of likely N-dealkylation sites (tertiary alicyclic amines) is 1. The summed E-state index contributed by atoms with van der Waals surface area (Å²) in [5, 5.41) is 20.4. The smallest absolute Gasteiger partial charge is 0.313 e. The van der Waals surface area contributed by atoms with Crippen molar-refractivity contribution in [3.63, 3.8) is 0 Å². The first kappa shape index (κ1) is 15.8. The molecule has 8 heteroatoms. The van der Waals surface area contributed by atoms with Gasteiger partial charge in [-0.2, -0.15) is 0 Å². The Bertz CT molecular complexity index is 350. The monoisotopic (exact) mass is 290 g/mol. The lowest BCUT2D eigenvalue weighted by molar-refractivity contribution is -0.143. The molecule has 19 heavy (non-hydrogen) atoms. The summed E-state index contributed by atoms with van der Waals surface area (Å²) in [6.07, 6.45) is 0.332. The number of aliphatic carboxylic acids is 1. The van der Waals surface area contributed by atoms with Gasteiger partial charge in [-0.25, -0.2) is 0 Å². The maximum Gasteiger partial charge on any atom is 0.313 e. The van der Waals surface area contributed by atoms with E-state index in [1.807, 2.05) is 0 Å². The van der Waals surface area contributed by atoms with Crippen LogP contribution in [0.3, 0.4) is 0 Å². The highest BCUT2D eigenvalue weighted by Crippen LogP contribution is 2.10. The summed E-state index contributed by atoms with van der Waals surface area (Å²) < 4.78 is 0. The maximum atomic E-state index is 11.5. The number of amides is 2. The van der Waals surface area contributed by atoms with Gasteiger partial charge < -0.3 is 20.4 Å². The number of aliphatic hydroxyl groups is 1. The molecular formula is C11H18N2O5S. The molecule has 1 aliphatic heterocycles. The molecule has 1 heterocycles. The van der Waals surface area contributed by atoms with E-state index >= 15 is 0 Å². The maximum absolute atomic E-state index is 11.5. The molecule has 0 aromatic rings. The predicted octanol–water partition coefficient (Wildman–Crippen LogP) is -1.10. The van der Waals surface area contributed by atoms with Crippen molar-refractivity contribution in [3.8, 4) is 0 Å². The molecule has 0 spiro atoms. The second kappa shape index (κ2) is 8.00. The van der Waals surface area contributed by atoms with Crippen molar-refractivity contribution in [1.82, 2.24) is 10.2 Å². The Balaban J connectivity index is 2.14. The molecule has 0 saturated carbocycles. The minimum Gasteiger partial charge on any atom is -0.481 e. The average Bonchev–Trinajstić information content (AvgIpc) is 2.34. The van der Waals surface area contributed by atoms with E-state index in [0.717, 1.165) is 18.2 Å². The standard InChI is InChI=1S/C11H18N2O5S/c14-8-2-1-4-13(11(8)18)5-3-12-9(15)6-19-7-10(16)17/h8,14H,1-7H2,(H,12,15)(H,16,17). The molecule has 0 radical (unpaired) electrons. The van der Waals surface area contributed by atoms with Crippen LogP contribution in [0.15, 0.2) is 0 Å². The number of carboxylic acids is 1. The number of carbonyl (C=O) groups excluding carboxylic acids is 2. The van der Waals surface area contributed by atoms with Crippen LogP contribution in [0.1, 0.15) is 12.8 Å². The van der Waals surface area contributed by atoms with Crippen LogP contribution in [0.2, 0.25) is 0 Å². The van der Waals surface area contributed by atoms with Crippen molar-refractivity contribution >= 4 is 29.5 Å². The Morgan fingerprint density at radius 2 is 2.16 bits per heavy atom. The van der Waals surface area contributed by atoms with Crippen LogP contribution in [-0.4, -0.2) is 70.1 Å². The molecule has 0 aliphatic carbocycles. The number of piperidine rings is 1. The van der Waals surface area contributed by atoms with Crippen molar-refractivity contribution in [1.29, 1.82) is 0 Å². The quantitative estimate of drug-likeness (QED) is 0.550. The Hall–Kier alpha value is -1.28. The van der Waals surface area contributed by atoms with E-state index in [9.17, 15) is 19.5 Å². The van der Waals surface area contributed by atoms with Gasteiger partial charge in [0.25, 0.3) is 5.91 Å². The molecule has 1 aliphatic rings. The number of aliphatic hydroxyl groups excluding tert-OH is 1. The zero-order valence-electron chi connectivity index (χ0n) is 10.5. The Morgan fingerprint density at radius 3 is 2.84 bits per heavy atom. The summed E-state index contributed by atoms with van der Waals surface area (Å²) >= 11 is 1.02. The van der Waals surface area contributed by atoms with Crippen molar-refractivity contribution in [2.45, 2.75) is 18.9 Å². The summed E-state index contributed by atoms with van der Waals surface area (Å²) in [5.41, 5.74) is 0. The molecule has 108 valence electrons. The van der Waals surface area contributed by atoms with E-state index in [1.54, 1.807) is 0 Å².